The molecule has 0 saturated carbocycles. The molecule has 7 heteroatoms. The van der Waals surface area contributed by atoms with Crippen molar-refractivity contribution in [2.45, 2.75) is 19.5 Å². The van der Waals surface area contributed by atoms with Gasteiger partial charge in [-0.1, -0.05) is 6.07 Å². The van der Waals surface area contributed by atoms with E-state index in [1.807, 2.05) is 30.5 Å². The molecule has 1 aromatic heterocycles. The summed E-state index contributed by atoms with van der Waals surface area (Å²) in [6.45, 7) is 3.54. The van der Waals surface area contributed by atoms with Crippen molar-refractivity contribution in [2.24, 2.45) is 0 Å². The van der Waals surface area contributed by atoms with Gasteiger partial charge < -0.3 is 19.7 Å². The summed E-state index contributed by atoms with van der Waals surface area (Å²) in [4.78, 5) is 18.1. The number of nitrogens with zero attached hydrogens (tertiary/aromatic N) is 2. The van der Waals surface area contributed by atoms with E-state index in [0.717, 1.165) is 22.1 Å². The van der Waals surface area contributed by atoms with E-state index >= 15 is 0 Å². The summed E-state index contributed by atoms with van der Waals surface area (Å²) in [7, 11) is 1.76. The molecule has 1 aromatic carbocycles. The average molecular weight is 333 g/mol. The van der Waals surface area contributed by atoms with E-state index in [1.54, 1.807) is 18.1 Å². The zero-order chi connectivity index (χ0) is 16.2. The fourth-order valence-corrected chi connectivity index (χ4v) is 2.98. The number of ether oxygens (including phenoxy) is 2. The van der Waals surface area contributed by atoms with Crippen molar-refractivity contribution in [1.29, 1.82) is 0 Å². The standard InChI is InChI=1S/C16H19N3O3S/c1-11(15-17-5-8-23-15)18-16(20)19(2)10-12-3-4-13-14(9-12)22-7-6-21-13/h3-5,8-9,11H,6-7,10H2,1-2H3,(H,18,20). The summed E-state index contributed by atoms with van der Waals surface area (Å²) in [5, 5.41) is 5.74. The Balaban J connectivity index is 1.60. The number of nitrogens with one attached hydrogen (secondary N) is 1. The Morgan fingerprint density at radius 2 is 2.17 bits per heavy atom. The molecular formula is C16H19N3O3S. The van der Waals surface area contributed by atoms with Crippen molar-refractivity contribution in [3.05, 3.63) is 40.3 Å². The number of carbonyl (C=O) groups excluding carboxylic acids is 1. The summed E-state index contributed by atoms with van der Waals surface area (Å²) in [5.41, 5.74) is 0.994. The van der Waals surface area contributed by atoms with E-state index < -0.39 is 0 Å². The van der Waals surface area contributed by atoms with Gasteiger partial charge in [0.15, 0.2) is 11.5 Å². The lowest BCUT2D eigenvalue weighted by molar-refractivity contribution is 0.171. The van der Waals surface area contributed by atoms with E-state index in [2.05, 4.69) is 10.3 Å². The molecule has 0 aliphatic carbocycles. The number of carbonyl (C=O) groups is 1. The van der Waals surface area contributed by atoms with Crippen LogP contribution in [0, 0.1) is 0 Å². The molecule has 0 spiro atoms. The topological polar surface area (TPSA) is 63.7 Å². The van der Waals surface area contributed by atoms with E-state index in [0.29, 0.717) is 19.8 Å². The number of amides is 2. The van der Waals surface area contributed by atoms with Crippen LogP contribution in [-0.4, -0.2) is 36.2 Å². The van der Waals surface area contributed by atoms with Gasteiger partial charge in [-0.25, -0.2) is 9.78 Å². The maximum Gasteiger partial charge on any atom is 0.317 e. The Bertz CT molecular complexity index is 675. The highest BCUT2D eigenvalue weighted by Gasteiger charge is 2.17. The number of fused-ring (bicyclic) bond motifs is 1. The van der Waals surface area contributed by atoms with Crippen molar-refractivity contribution in [2.75, 3.05) is 20.3 Å². The van der Waals surface area contributed by atoms with Gasteiger partial charge in [0.05, 0.1) is 6.04 Å². The predicted molar refractivity (Wildman–Crippen MR) is 88.0 cm³/mol. The molecule has 23 heavy (non-hydrogen) atoms. The molecule has 122 valence electrons. The van der Waals surface area contributed by atoms with Crippen LogP contribution in [0.1, 0.15) is 23.5 Å². The van der Waals surface area contributed by atoms with Crippen molar-refractivity contribution in [3.8, 4) is 11.5 Å². The van der Waals surface area contributed by atoms with Crippen LogP contribution < -0.4 is 14.8 Å². The maximum absolute atomic E-state index is 12.3. The van der Waals surface area contributed by atoms with Crippen LogP contribution in [0.4, 0.5) is 4.79 Å². The van der Waals surface area contributed by atoms with E-state index in [4.69, 9.17) is 9.47 Å². The molecule has 1 aliphatic rings. The maximum atomic E-state index is 12.3. The lowest BCUT2D eigenvalue weighted by Crippen LogP contribution is -2.38. The van der Waals surface area contributed by atoms with Crippen LogP contribution in [0.3, 0.4) is 0 Å². The average Bonchev–Trinajstić information content (AvgIpc) is 3.09. The van der Waals surface area contributed by atoms with Crippen LogP contribution in [0.5, 0.6) is 11.5 Å². The molecule has 1 unspecified atom stereocenters. The molecule has 2 amide bonds. The zero-order valence-electron chi connectivity index (χ0n) is 13.1. The van der Waals surface area contributed by atoms with Crippen LogP contribution in [0.25, 0.3) is 0 Å². The van der Waals surface area contributed by atoms with Gasteiger partial charge in [0.2, 0.25) is 0 Å². The summed E-state index contributed by atoms with van der Waals surface area (Å²) < 4.78 is 11.1. The third-order valence-corrected chi connectivity index (χ3v) is 4.49. The van der Waals surface area contributed by atoms with Crippen LogP contribution in [0.2, 0.25) is 0 Å². The molecule has 2 heterocycles. The number of hydrogen-bond donors (Lipinski definition) is 1. The largest absolute Gasteiger partial charge is 0.486 e. The fourth-order valence-electron chi connectivity index (χ4n) is 2.34. The Morgan fingerprint density at radius 1 is 1.39 bits per heavy atom. The van der Waals surface area contributed by atoms with Gasteiger partial charge in [0.1, 0.15) is 18.2 Å². The van der Waals surface area contributed by atoms with Gasteiger partial charge in [-0.3, -0.25) is 0 Å². The predicted octanol–water partition coefficient (Wildman–Crippen LogP) is 2.82. The van der Waals surface area contributed by atoms with Crippen LogP contribution >= 0.6 is 11.3 Å². The SMILES string of the molecule is CC(NC(=O)N(C)Cc1ccc2c(c1)OCCO2)c1nccs1. The molecule has 6 nitrogen and oxygen atoms in total. The lowest BCUT2D eigenvalue weighted by Gasteiger charge is -2.22. The molecule has 1 N–H and O–H groups in total. The highest BCUT2D eigenvalue weighted by Crippen LogP contribution is 2.31. The summed E-state index contributed by atoms with van der Waals surface area (Å²) in [5.74, 6) is 1.49. The third kappa shape index (κ3) is 3.73. The fraction of sp³-hybridized carbons (Fsp3) is 0.375. The van der Waals surface area contributed by atoms with Crippen molar-refractivity contribution < 1.29 is 14.3 Å². The van der Waals surface area contributed by atoms with E-state index in [-0.39, 0.29) is 12.1 Å². The van der Waals surface area contributed by atoms with Crippen molar-refractivity contribution >= 4 is 17.4 Å². The van der Waals surface area contributed by atoms with Gasteiger partial charge in [-0.2, -0.15) is 0 Å². The normalized spacial score (nSPS) is 14.2. The van der Waals surface area contributed by atoms with Gasteiger partial charge in [-0.05, 0) is 24.6 Å². The molecular weight excluding hydrogens is 314 g/mol. The van der Waals surface area contributed by atoms with Gasteiger partial charge in [0, 0.05) is 25.2 Å². The molecule has 0 saturated heterocycles. The number of benzene rings is 1. The Morgan fingerprint density at radius 3 is 2.91 bits per heavy atom. The highest BCUT2D eigenvalue weighted by molar-refractivity contribution is 7.09. The summed E-state index contributed by atoms with van der Waals surface area (Å²) >= 11 is 1.53. The minimum atomic E-state index is -0.136. The number of hydrogen-bond acceptors (Lipinski definition) is 5. The minimum Gasteiger partial charge on any atom is -0.486 e. The van der Waals surface area contributed by atoms with Gasteiger partial charge in [-0.15, -0.1) is 11.3 Å². The van der Waals surface area contributed by atoms with E-state index in [9.17, 15) is 4.79 Å². The third-order valence-electron chi connectivity index (χ3n) is 3.53. The van der Waals surface area contributed by atoms with Crippen LogP contribution in [-0.2, 0) is 6.54 Å². The molecule has 0 radical (unpaired) electrons. The first kappa shape index (κ1) is 15.6. The van der Waals surface area contributed by atoms with Gasteiger partial charge in [0.25, 0.3) is 0 Å². The monoisotopic (exact) mass is 333 g/mol. The molecule has 3 rings (SSSR count). The quantitative estimate of drug-likeness (QED) is 0.934. The summed E-state index contributed by atoms with van der Waals surface area (Å²) in [6, 6.07) is 5.51. The first-order valence-electron chi connectivity index (χ1n) is 7.43. The lowest BCUT2D eigenvalue weighted by atomic mass is 10.2. The smallest absolute Gasteiger partial charge is 0.317 e. The molecule has 1 atom stereocenters. The zero-order valence-corrected chi connectivity index (χ0v) is 13.9. The van der Waals surface area contributed by atoms with Crippen molar-refractivity contribution in [3.63, 3.8) is 0 Å². The second kappa shape index (κ2) is 6.87. The van der Waals surface area contributed by atoms with Crippen molar-refractivity contribution in [1.82, 2.24) is 15.2 Å². The van der Waals surface area contributed by atoms with Crippen LogP contribution in [0.15, 0.2) is 29.8 Å². The molecule has 0 bridgehead atoms. The Kier molecular flexibility index (Phi) is 4.66. The minimum absolute atomic E-state index is 0.106. The first-order chi connectivity index (χ1) is 11.1. The number of thiazole rings is 1. The molecule has 2 aromatic rings. The number of aromatic nitrogens is 1. The Hall–Kier alpha value is -2.28. The molecule has 0 fully saturated rings. The first-order valence-corrected chi connectivity index (χ1v) is 8.31. The number of urea groups is 1. The summed E-state index contributed by atoms with van der Waals surface area (Å²) in [6.07, 6.45) is 1.74. The second-order valence-electron chi connectivity index (χ2n) is 5.38. The number of rotatable bonds is 4. The molecule has 1 aliphatic heterocycles. The van der Waals surface area contributed by atoms with Gasteiger partial charge >= 0.3 is 6.03 Å². The highest BCUT2D eigenvalue weighted by atomic mass is 32.1. The Labute approximate surface area is 139 Å². The second-order valence-corrected chi connectivity index (χ2v) is 6.30. The van der Waals surface area contributed by atoms with E-state index in [1.165, 1.54) is 11.3 Å².